The zero-order valence-corrected chi connectivity index (χ0v) is 14.1. The standard InChI is InChI=1S/C14H26BrN5/c1-3-4-5-10-6-8-11(9-7-10)12(17-16)13-14(15)18-19-20(13)2/h10-12,17H,3-9,16H2,1-2H3. The van der Waals surface area contributed by atoms with Crippen molar-refractivity contribution in [2.24, 2.45) is 24.7 Å². The monoisotopic (exact) mass is 343 g/mol. The van der Waals surface area contributed by atoms with Gasteiger partial charge in [0.25, 0.3) is 0 Å². The Morgan fingerprint density at radius 2 is 2.10 bits per heavy atom. The molecule has 20 heavy (non-hydrogen) atoms. The van der Waals surface area contributed by atoms with Crippen LogP contribution in [0.3, 0.4) is 0 Å². The minimum Gasteiger partial charge on any atom is -0.271 e. The molecule has 0 amide bonds. The number of halogens is 1. The summed E-state index contributed by atoms with van der Waals surface area (Å²) in [5, 5.41) is 8.13. The molecule has 0 saturated heterocycles. The van der Waals surface area contributed by atoms with E-state index in [1.807, 2.05) is 11.7 Å². The Bertz CT molecular complexity index is 392. The third-order valence-corrected chi connectivity index (χ3v) is 5.19. The first kappa shape index (κ1) is 15.9. The fraction of sp³-hybridized carbons (Fsp3) is 0.857. The summed E-state index contributed by atoms with van der Waals surface area (Å²) in [6, 6.07) is 0.136. The van der Waals surface area contributed by atoms with E-state index in [0.29, 0.717) is 5.92 Å². The molecule has 1 unspecified atom stereocenters. The van der Waals surface area contributed by atoms with Crippen LogP contribution in [0.5, 0.6) is 0 Å². The molecule has 0 aromatic carbocycles. The number of nitrogens with two attached hydrogens (primary N) is 1. The maximum atomic E-state index is 5.81. The van der Waals surface area contributed by atoms with Crippen LogP contribution in [-0.4, -0.2) is 15.0 Å². The third kappa shape index (κ3) is 3.59. The van der Waals surface area contributed by atoms with Crippen LogP contribution in [-0.2, 0) is 7.05 Å². The highest BCUT2D eigenvalue weighted by molar-refractivity contribution is 9.10. The zero-order chi connectivity index (χ0) is 14.5. The Balaban J connectivity index is 1.97. The summed E-state index contributed by atoms with van der Waals surface area (Å²) in [6.45, 7) is 2.27. The van der Waals surface area contributed by atoms with Crippen molar-refractivity contribution in [3.8, 4) is 0 Å². The maximum Gasteiger partial charge on any atom is 0.153 e. The van der Waals surface area contributed by atoms with Gasteiger partial charge in [0, 0.05) is 7.05 Å². The van der Waals surface area contributed by atoms with Crippen LogP contribution in [0.15, 0.2) is 4.60 Å². The lowest BCUT2D eigenvalue weighted by Gasteiger charge is -2.33. The van der Waals surface area contributed by atoms with E-state index in [-0.39, 0.29) is 6.04 Å². The summed E-state index contributed by atoms with van der Waals surface area (Å²) in [6.07, 6.45) is 9.19. The Hall–Kier alpha value is -0.460. The lowest BCUT2D eigenvalue weighted by Crippen LogP contribution is -2.36. The molecule has 114 valence electrons. The van der Waals surface area contributed by atoms with Gasteiger partial charge in [-0.1, -0.05) is 44.2 Å². The van der Waals surface area contributed by atoms with Crippen LogP contribution in [0.1, 0.15) is 63.6 Å². The van der Waals surface area contributed by atoms with Gasteiger partial charge in [-0.15, -0.1) is 5.10 Å². The molecule has 1 fully saturated rings. The van der Waals surface area contributed by atoms with Crippen LogP contribution >= 0.6 is 15.9 Å². The average Bonchev–Trinajstić information content (AvgIpc) is 2.79. The van der Waals surface area contributed by atoms with Gasteiger partial charge in [-0.3, -0.25) is 11.3 Å². The number of hydrogen-bond donors (Lipinski definition) is 2. The van der Waals surface area contributed by atoms with E-state index in [1.54, 1.807) is 0 Å². The summed E-state index contributed by atoms with van der Waals surface area (Å²) >= 11 is 3.48. The van der Waals surface area contributed by atoms with Gasteiger partial charge in [0.15, 0.2) is 4.60 Å². The van der Waals surface area contributed by atoms with Gasteiger partial charge >= 0.3 is 0 Å². The summed E-state index contributed by atoms with van der Waals surface area (Å²) in [4.78, 5) is 0. The molecule has 6 heteroatoms. The van der Waals surface area contributed by atoms with Crippen molar-refractivity contribution in [1.82, 2.24) is 20.4 Å². The number of nitrogens with one attached hydrogen (secondary N) is 1. The fourth-order valence-corrected chi connectivity index (χ4v) is 3.98. The van der Waals surface area contributed by atoms with Crippen molar-refractivity contribution in [2.45, 2.75) is 57.9 Å². The second-order valence-corrected chi connectivity index (χ2v) is 6.71. The second kappa shape index (κ2) is 7.52. The van der Waals surface area contributed by atoms with Crippen molar-refractivity contribution in [2.75, 3.05) is 0 Å². The highest BCUT2D eigenvalue weighted by Gasteiger charge is 2.31. The molecule has 1 saturated carbocycles. The van der Waals surface area contributed by atoms with E-state index in [9.17, 15) is 0 Å². The molecule has 1 aliphatic carbocycles. The highest BCUT2D eigenvalue weighted by atomic mass is 79.9. The first-order valence-corrected chi connectivity index (χ1v) is 8.47. The van der Waals surface area contributed by atoms with E-state index in [2.05, 4.69) is 38.6 Å². The molecule has 1 aliphatic rings. The van der Waals surface area contributed by atoms with Crippen LogP contribution in [0.4, 0.5) is 0 Å². The molecule has 1 heterocycles. The SMILES string of the molecule is CCCCC1CCC(C(NN)c2c(Br)nnn2C)CC1. The molecule has 5 nitrogen and oxygen atoms in total. The van der Waals surface area contributed by atoms with Crippen LogP contribution < -0.4 is 11.3 Å². The van der Waals surface area contributed by atoms with E-state index >= 15 is 0 Å². The van der Waals surface area contributed by atoms with Crippen molar-refractivity contribution in [3.05, 3.63) is 10.3 Å². The first-order valence-electron chi connectivity index (χ1n) is 7.68. The number of hydrogen-bond acceptors (Lipinski definition) is 4. The van der Waals surface area contributed by atoms with E-state index in [4.69, 9.17) is 5.84 Å². The number of unbranched alkanes of at least 4 members (excludes halogenated alkanes) is 1. The molecule has 3 N–H and O–H groups in total. The Morgan fingerprint density at radius 1 is 1.40 bits per heavy atom. The number of rotatable bonds is 6. The lowest BCUT2D eigenvalue weighted by molar-refractivity contribution is 0.208. The van der Waals surface area contributed by atoms with Crippen LogP contribution in [0.25, 0.3) is 0 Å². The highest BCUT2D eigenvalue weighted by Crippen LogP contribution is 2.39. The number of hydrazine groups is 1. The summed E-state index contributed by atoms with van der Waals surface area (Å²) in [5.74, 6) is 7.30. The average molecular weight is 344 g/mol. The summed E-state index contributed by atoms with van der Waals surface area (Å²) in [7, 11) is 1.92. The minimum atomic E-state index is 0.136. The van der Waals surface area contributed by atoms with Gasteiger partial charge in [-0.05, 0) is 40.6 Å². The smallest absolute Gasteiger partial charge is 0.153 e. The van der Waals surface area contributed by atoms with Crippen LogP contribution in [0.2, 0.25) is 0 Å². The Morgan fingerprint density at radius 3 is 2.60 bits per heavy atom. The Kier molecular flexibility index (Phi) is 5.99. The van der Waals surface area contributed by atoms with Crippen molar-refractivity contribution in [1.29, 1.82) is 0 Å². The largest absolute Gasteiger partial charge is 0.271 e. The summed E-state index contributed by atoms with van der Waals surface area (Å²) in [5.41, 5.74) is 4.04. The maximum absolute atomic E-state index is 5.81. The molecular formula is C14H26BrN5. The topological polar surface area (TPSA) is 68.8 Å². The quantitative estimate of drug-likeness (QED) is 0.615. The van der Waals surface area contributed by atoms with Gasteiger partial charge in [-0.2, -0.15) is 0 Å². The number of aryl methyl sites for hydroxylation is 1. The molecule has 2 rings (SSSR count). The van der Waals surface area contributed by atoms with Crippen molar-refractivity contribution >= 4 is 15.9 Å². The number of nitrogens with zero attached hydrogens (tertiary/aromatic N) is 3. The molecule has 1 atom stereocenters. The molecular weight excluding hydrogens is 318 g/mol. The number of aromatic nitrogens is 3. The van der Waals surface area contributed by atoms with Gasteiger partial charge in [0.05, 0.1) is 11.7 Å². The molecule has 0 spiro atoms. The van der Waals surface area contributed by atoms with Gasteiger partial charge in [0.1, 0.15) is 0 Å². The second-order valence-electron chi connectivity index (χ2n) is 5.96. The zero-order valence-electron chi connectivity index (χ0n) is 12.5. The lowest BCUT2D eigenvalue weighted by atomic mass is 9.76. The molecule has 0 aliphatic heterocycles. The van der Waals surface area contributed by atoms with Gasteiger partial charge in [0.2, 0.25) is 0 Å². The summed E-state index contributed by atoms with van der Waals surface area (Å²) < 4.78 is 2.62. The van der Waals surface area contributed by atoms with Crippen LogP contribution in [0, 0.1) is 11.8 Å². The van der Waals surface area contributed by atoms with Crippen molar-refractivity contribution in [3.63, 3.8) is 0 Å². The third-order valence-electron chi connectivity index (χ3n) is 4.63. The normalized spacial score (nSPS) is 24.8. The van der Waals surface area contributed by atoms with Crippen molar-refractivity contribution < 1.29 is 0 Å². The van der Waals surface area contributed by atoms with Gasteiger partial charge < -0.3 is 0 Å². The minimum absolute atomic E-state index is 0.136. The van der Waals surface area contributed by atoms with Gasteiger partial charge in [-0.25, -0.2) is 4.68 Å². The van der Waals surface area contributed by atoms with E-state index in [0.717, 1.165) is 16.2 Å². The first-order chi connectivity index (χ1) is 9.67. The molecule has 0 radical (unpaired) electrons. The van der Waals surface area contributed by atoms with E-state index in [1.165, 1.54) is 44.9 Å². The predicted octanol–water partition coefficient (Wildman–Crippen LogP) is 3.08. The predicted molar refractivity (Wildman–Crippen MR) is 83.7 cm³/mol. The molecule has 1 aromatic rings. The van der Waals surface area contributed by atoms with E-state index < -0.39 is 0 Å². The fourth-order valence-electron chi connectivity index (χ4n) is 3.41. The Labute approximate surface area is 129 Å². The molecule has 0 bridgehead atoms. The molecule has 1 aromatic heterocycles.